The van der Waals surface area contributed by atoms with Crippen molar-refractivity contribution in [3.8, 4) is 0 Å². The Bertz CT molecular complexity index is 242. The predicted octanol–water partition coefficient (Wildman–Crippen LogP) is 1.02. The van der Waals surface area contributed by atoms with Gasteiger partial charge in [0.15, 0.2) is 0 Å². The number of hydrogen-bond acceptors (Lipinski definition) is 2. The van der Waals surface area contributed by atoms with Gasteiger partial charge in [0.2, 0.25) is 0 Å². The molecule has 0 bridgehead atoms. The van der Waals surface area contributed by atoms with Crippen molar-refractivity contribution in [2.24, 2.45) is 5.73 Å². The van der Waals surface area contributed by atoms with Crippen molar-refractivity contribution in [2.45, 2.75) is 38.1 Å². The Labute approximate surface area is 91.4 Å². The van der Waals surface area contributed by atoms with Crippen LogP contribution in [0.4, 0.5) is 4.79 Å². The summed E-state index contributed by atoms with van der Waals surface area (Å²) >= 11 is 0. The first kappa shape index (κ1) is 10.7. The topological polar surface area (TPSA) is 49.6 Å². The second-order valence-electron chi connectivity index (χ2n) is 4.95. The highest BCUT2D eigenvalue weighted by atomic mass is 16.2. The average molecular weight is 211 g/mol. The number of hydrogen-bond donors (Lipinski definition) is 1. The Morgan fingerprint density at radius 2 is 1.87 bits per heavy atom. The quantitative estimate of drug-likeness (QED) is 0.741. The van der Waals surface area contributed by atoms with Crippen LogP contribution < -0.4 is 5.73 Å². The Hall–Kier alpha value is -0.770. The number of nitrogens with two attached hydrogens (primary N) is 1. The minimum absolute atomic E-state index is 0.0931. The normalized spacial score (nSPS) is 24.1. The summed E-state index contributed by atoms with van der Waals surface area (Å²) in [5.41, 5.74) is 6.03. The number of urea groups is 1. The van der Waals surface area contributed by atoms with Crippen molar-refractivity contribution in [2.75, 3.05) is 26.2 Å². The number of carbonyl (C=O) groups is 1. The van der Waals surface area contributed by atoms with Gasteiger partial charge in [-0.3, -0.25) is 0 Å². The van der Waals surface area contributed by atoms with E-state index in [1.165, 1.54) is 0 Å². The standard InChI is InChI=1S/C11H21N3O/c1-2-5-11(12)8-14(9-11)10(15)13-6-3-4-7-13/h2-9,12H2,1H3. The van der Waals surface area contributed by atoms with E-state index in [9.17, 15) is 4.79 Å². The van der Waals surface area contributed by atoms with Gasteiger partial charge in [-0.05, 0) is 19.3 Å². The monoisotopic (exact) mass is 211 g/mol. The van der Waals surface area contributed by atoms with E-state index in [1.807, 2.05) is 9.80 Å². The molecule has 2 fully saturated rings. The maximum absolute atomic E-state index is 11.9. The summed E-state index contributed by atoms with van der Waals surface area (Å²) in [6.07, 6.45) is 4.43. The molecule has 2 aliphatic rings. The largest absolute Gasteiger partial charge is 0.325 e. The van der Waals surface area contributed by atoms with E-state index in [4.69, 9.17) is 5.73 Å². The molecule has 2 saturated heterocycles. The van der Waals surface area contributed by atoms with Crippen molar-refractivity contribution >= 4 is 6.03 Å². The highest BCUT2D eigenvalue weighted by Crippen LogP contribution is 2.25. The van der Waals surface area contributed by atoms with Crippen molar-refractivity contribution < 1.29 is 4.79 Å². The van der Waals surface area contributed by atoms with Crippen molar-refractivity contribution in [3.05, 3.63) is 0 Å². The van der Waals surface area contributed by atoms with Gasteiger partial charge in [-0.2, -0.15) is 0 Å². The van der Waals surface area contributed by atoms with E-state index in [2.05, 4.69) is 6.92 Å². The molecule has 0 aromatic carbocycles. The van der Waals surface area contributed by atoms with E-state index < -0.39 is 0 Å². The molecule has 4 nitrogen and oxygen atoms in total. The van der Waals surface area contributed by atoms with Crippen LogP contribution in [0.2, 0.25) is 0 Å². The molecule has 0 atom stereocenters. The molecule has 86 valence electrons. The van der Waals surface area contributed by atoms with Crippen molar-refractivity contribution in [3.63, 3.8) is 0 Å². The molecule has 0 aromatic heterocycles. The molecule has 0 aromatic rings. The number of amides is 2. The lowest BCUT2D eigenvalue weighted by Crippen LogP contribution is -2.69. The molecule has 0 unspecified atom stereocenters. The molecule has 2 heterocycles. The van der Waals surface area contributed by atoms with Crippen LogP contribution in [0, 0.1) is 0 Å². The SMILES string of the molecule is CCCC1(N)CN(C(=O)N2CCCC2)C1. The first-order valence-corrected chi connectivity index (χ1v) is 5.97. The highest BCUT2D eigenvalue weighted by Gasteiger charge is 2.42. The zero-order chi connectivity index (χ0) is 10.9. The molecule has 2 amide bonds. The average Bonchev–Trinajstić information content (AvgIpc) is 2.66. The molecule has 0 spiro atoms. The van der Waals surface area contributed by atoms with Gasteiger partial charge in [0.05, 0.1) is 5.54 Å². The number of rotatable bonds is 2. The lowest BCUT2D eigenvalue weighted by atomic mass is 9.87. The zero-order valence-corrected chi connectivity index (χ0v) is 9.54. The zero-order valence-electron chi connectivity index (χ0n) is 9.54. The third-order valence-electron chi connectivity index (χ3n) is 3.41. The Balaban J connectivity index is 1.80. The lowest BCUT2D eigenvalue weighted by molar-refractivity contribution is 0.0709. The van der Waals surface area contributed by atoms with Gasteiger partial charge in [0.25, 0.3) is 0 Å². The lowest BCUT2D eigenvalue weighted by Gasteiger charge is -2.48. The van der Waals surface area contributed by atoms with Crippen molar-refractivity contribution in [1.29, 1.82) is 0 Å². The third kappa shape index (κ3) is 2.09. The minimum atomic E-state index is -0.0931. The van der Waals surface area contributed by atoms with Crippen molar-refractivity contribution in [1.82, 2.24) is 9.80 Å². The molecule has 0 saturated carbocycles. The van der Waals surface area contributed by atoms with Crippen LogP contribution in [0.15, 0.2) is 0 Å². The summed E-state index contributed by atoms with van der Waals surface area (Å²) in [6.45, 7) is 5.49. The van der Waals surface area contributed by atoms with E-state index in [1.54, 1.807) is 0 Å². The van der Waals surface area contributed by atoms with Gasteiger partial charge in [-0.1, -0.05) is 13.3 Å². The van der Waals surface area contributed by atoms with Crippen LogP contribution in [-0.2, 0) is 0 Å². The summed E-state index contributed by atoms with van der Waals surface area (Å²) in [5.74, 6) is 0. The van der Waals surface area contributed by atoms with E-state index in [-0.39, 0.29) is 11.6 Å². The highest BCUT2D eigenvalue weighted by molar-refractivity contribution is 5.76. The molecular weight excluding hydrogens is 190 g/mol. The van der Waals surface area contributed by atoms with Gasteiger partial charge < -0.3 is 15.5 Å². The minimum Gasteiger partial charge on any atom is -0.325 e. The first-order valence-electron chi connectivity index (χ1n) is 5.97. The maximum Gasteiger partial charge on any atom is 0.320 e. The summed E-state index contributed by atoms with van der Waals surface area (Å²) in [4.78, 5) is 15.8. The fourth-order valence-electron chi connectivity index (χ4n) is 2.61. The van der Waals surface area contributed by atoms with Gasteiger partial charge in [-0.25, -0.2) is 4.79 Å². The smallest absolute Gasteiger partial charge is 0.320 e. The predicted molar refractivity (Wildman–Crippen MR) is 59.6 cm³/mol. The summed E-state index contributed by atoms with van der Waals surface area (Å²) in [7, 11) is 0. The molecule has 2 N–H and O–H groups in total. The molecule has 2 aliphatic heterocycles. The molecule has 4 heteroatoms. The van der Waals surface area contributed by atoms with Crippen LogP contribution in [0.3, 0.4) is 0 Å². The molecule has 0 aliphatic carbocycles. The van der Waals surface area contributed by atoms with Crippen LogP contribution in [0.5, 0.6) is 0 Å². The summed E-state index contributed by atoms with van der Waals surface area (Å²) in [6, 6.07) is 0.199. The van der Waals surface area contributed by atoms with Crippen LogP contribution >= 0.6 is 0 Å². The molecular formula is C11H21N3O. The van der Waals surface area contributed by atoms with Crippen LogP contribution in [0.25, 0.3) is 0 Å². The molecule has 15 heavy (non-hydrogen) atoms. The van der Waals surface area contributed by atoms with Crippen LogP contribution in [0.1, 0.15) is 32.6 Å². The second kappa shape index (κ2) is 4.00. The summed E-state index contributed by atoms with van der Waals surface area (Å²) in [5, 5.41) is 0. The number of carbonyl (C=O) groups excluding carboxylic acids is 1. The van der Waals surface area contributed by atoms with Gasteiger partial charge in [0, 0.05) is 26.2 Å². The van der Waals surface area contributed by atoms with E-state index in [0.717, 1.165) is 51.9 Å². The van der Waals surface area contributed by atoms with Gasteiger partial charge in [-0.15, -0.1) is 0 Å². The summed E-state index contributed by atoms with van der Waals surface area (Å²) < 4.78 is 0. The van der Waals surface area contributed by atoms with E-state index in [0.29, 0.717) is 0 Å². The molecule has 2 rings (SSSR count). The second-order valence-corrected chi connectivity index (χ2v) is 4.95. The van der Waals surface area contributed by atoms with Crippen LogP contribution in [-0.4, -0.2) is 47.5 Å². The Kier molecular flexibility index (Phi) is 2.87. The fourth-order valence-corrected chi connectivity index (χ4v) is 2.61. The van der Waals surface area contributed by atoms with Gasteiger partial charge >= 0.3 is 6.03 Å². The number of nitrogens with zero attached hydrogens (tertiary/aromatic N) is 2. The Morgan fingerprint density at radius 3 is 2.40 bits per heavy atom. The fraction of sp³-hybridized carbons (Fsp3) is 0.909. The third-order valence-corrected chi connectivity index (χ3v) is 3.41. The molecule has 0 radical (unpaired) electrons. The number of likely N-dealkylation sites (tertiary alicyclic amines) is 2. The Morgan fingerprint density at radius 1 is 1.27 bits per heavy atom. The van der Waals surface area contributed by atoms with E-state index >= 15 is 0 Å². The first-order chi connectivity index (χ1) is 7.14. The maximum atomic E-state index is 11.9. The van der Waals surface area contributed by atoms with Gasteiger partial charge in [0.1, 0.15) is 0 Å².